The molecule has 0 aliphatic rings. The van der Waals surface area contributed by atoms with E-state index in [4.69, 9.17) is 5.11 Å². The number of carboxylic acid groups (broad SMARTS) is 1. The van der Waals surface area contributed by atoms with Gasteiger partial charge < -0.3 is 10.1 Å². The maximum Gasteiger partial charge on any atom is 0.356 e. The molecule has 1 aromatic heterocycles. The fourth-order valence-electron chi connectivity index (χ4n) is 1.62. The standard InChI is InChI=1S/C12H11BrN2O2/c13-9-4-1-8(2-5-9)3-6-10-11(12(16)17)15-7-14-10/h1-2,4-5,7H,3,6H2,(H,14,15)(H,16,17). The predicted octanol–water partition coefficient (Wildman–Crippen LogP) is 2.66. The number of carbonyl (C=O) groups is 1. The summed E-state index contributed by atoms with van der Waals surface area (Å²) >= 11 is 3.37. The normalized spacial score (nSPS) is 10.4. The number of nitrogens with one attached hydrogen (secondary N) is 1. The van der Waals surface area contributed by atoms with Crippen LogP contribution in [0.25, 0.3) is 0 Å². The third-order valence-electron chi connectivity index (χ3n) is 2.50. The molecule has 0 radical (unpaired) electrons. The van der Waals surface area contributed by atoms with Gasteiger partial charge in [0, 0.05) is 10.2 Å². The maximum atomic E-state index is 10.9. The van der Waals surface area contributed by atoms with E-state index in [9.17, 15) is 4.79 Å². The molecule has 0 atom stereocenters. The quantitative estimate of drug-likeness (QED) is 0.911. The zero-order chi connectivity index (χ0) is 12.3. The third kappa shape index (κ3) is 2.94. The van der Waals surface area contributed by atoms with E-state index in [-0.39, 0.29) is 5.69 Å². The Kier molecular flexibility index (Phi) is 3.58. The Morgan fingerprint density at radius 2 is 2.00 bits per heavy atom. The summed E-state index contributed by atoms with van der Waals surface area (Å²) in [7, 11) is 0. The molecule has 0 aliphatic carbocycles. The number of hydrogen-bond acceptors (Lipinski definition) is 2. The minimum Gasteiger partial charge on any atom is -0.476 e. The lowest BCUT2D eigenvalue weighted by Crippen LogP contribution is -2.03. The second-order valence-corrected chi connectivity index (χ2v) is 4.58. The largest absolute Gasteiger partial charge is 0.476 e. The first kappa shape index (κ1) is 11.9. The van der Waals surface area contributed by atoms with E-state index in [0.717, 1.165) is 10.9 Å². The molecule has 0 saturated heterocycles. The third-order valence-corrected chi connectivity index (χ3v) is 3.03. The molecule has 0 fully saturated rings. The molecule has 2 N–H and O–H groups in total. The minimum atomic E-state index is -0.989. The van der Waals surface area contributed by atoms with Crippen LogP contribution in [0.4, 0.5) is 0 Å². The van der Waals surface area contributed by atoms with Gasteiger partial charge in [-0.2, -0.15) is 0 Å². The van der Waals surface area contributed by atoms with Crippen molar-refractivity contribution in [2.75, 3.05) is 0 Å². The Morgan fingerprint density at radius 1 is 1.29 bits per heavy atom. The van der Waals surface area contributed by atoms with Gasteiger partial charge in [-0.05, 0) is 30.5 Å². The van der Waals surface area contributed by atoms with Crippen LogP contribution >= 0.6 is 15.9 Å². The highest BCUT2D eigenvalue weighted by Crippen LogP contribution is 2.13. The van der Waals surface area contributed by atoms with Crippen molar-refractivity contribution in [2.24, 2.45) is 0 Å². The summed E-state index contributed by atoms with van der Waals surface area (Å²) in [4.78, 5) is 17.5. The molecule has 17 heavy (non-hydrogen) atoms. The highest BCUT2D eigenvalue weighted by molar-refractivity contribution is 9.10. The topological polar surface area (TPSA) is 66.0 Å². The second kappa shape index (κ2) is 5.14. The number of benzene rings is 1. The molecule has 0 saturated carbocycles. The number of aryl methyl sites for hydroxylation is 2. The molecule has 2 aromatic rings. The van der Waals surface area contributed by atoms with Crippen LogP contribution in [0, 0.1) is 0 Å². The Morgan fingerprint density at radius 3 is 2.65 bits per heavy atom. The number of halogens is 1. The van der Waals surface area contributed by atoms with Gasteiger partial charge >= 0.3 is 5.97 Å². The van der Waals surface area contributed by atoms with E-state index in [1.807, 2.05) is 24.3 Å². The molecule has 2 rings (SSSR count). The van der Waals surface area contributed by atoms with E-state index >= 15 is 0 Å². The molecule has 0 spiro atoms. The number of carboxylic acids is 1. The summed E-state index contributed by atoms with van der Waals surface area (Å²) in [6, 6.07) is 7.97. The van der Waals surface area contributed by atoms with Crippen molar-refractivity contribution in [2.45, 2.75) is 12.8 Å². The van der Waals surface area contributed by atoms with Crippen LogP contribution < -0.4 is 0 Å². The fraction of sp³-hybridized carbons (Fsp3) is 0.167. The van der Waals surface area contributed by atoms with Crippen LogP contribution in [-0.4, -0.2) is 21.0 Å². The van der Waals surface area contributed by atoms with Gasteiger partial charge in [-0.15, -0.1) is 0 Å². The van der Waals surface area contributed by atoms with E-state index < -0.39 is 5.97 Å². The maximum absolute atomic E-state index is 10.9. The summed E-state index contributed by atoms with van der Waals surface area (Å²) in [5.41, 5.74) is 1.95. The van der Waals surface area contributed by atoms with Crippen LogP contribution in [-0.2, 0) is 12.8 Å². The minimum absolute atomic E-state index is 0.113. The van der Waals surface area contributed by atoms with Crippen LogP contribution in [0.3, 0.4) is 0 Å². The number of imidazole rings is 1. The van der Waals surface area contributed by atoms with Gasteiger partial charge in [0.15, 0.2) is 5.69 Å². The lowest BCUT2D eigenvalue weighted by Gasteiger charge is -2.01. The molecule has 0 aliphatic heterocycles. The van der Waals surface area contributed by atoms with Crippen molar-refractivity contribution in [1.82, 2.24) is 9.97 Å². The zero-order valence-electron chi connectivity index (χ0n) is 8.98. The lowest BCUT2D eigenvalue weighted by molar-refractivity contribution is 0.0690. The lowest BCUT2D eigenvalue weighted by atomic mass is 10.1. The highest BCUT2D eigenvalue weighted by atomic mass is 79.9. The van der Waals surface area contributed by atoms with Crippen molar-refractivity contribution in [1.29, 1.82) is 0 Å². The summed E-state index contributed by atoms with van der Waals surface area (Å²) in [6.45, 7) is 0. The SMILES string of the molecule is O=C(O)c1nc[nH]c1CCc1ccc(Br)cc1. The molecule has 1 heterocycles. The second-order valence-electron chi connectivity index (χ2n) is 3.66. The predicted molar refractivity (Wildman–Crippen MR) is 67.1 cm³/mol. The van der Waals surface area contributed by atoms with E-state index in [2.05, 4.69) is 25.9 Å². The Bertz CT molecular complexity index is 520. The van der Waals surface area contributed by atoms with Crippen molar-refractivity contribution in [3.8, 4) is 0 Å². The van der Waals surface area contributed by atoms with Gasteiger partial charge in [0.1, 0.15) is 0 Å². The van der Waals surface area contributed by atoms with Crippen LogP contribution in [0.1, 0.15) is 21.7 Å². The van der Waals surface area contributed by atoms with E-state index in [0.29, 0.717) is 12.1 Å². The average Bonchev–Trinajstić information content (AvgIpc) is 2.76. The zero-order valence-corrected chi connectivity index (χ0v) is 10.6. The van der Waals surface area contributed by atoms with Gasteiger partial charge in [0.05, 0.1) is 6.33 Å². The summed E-state index contributed by atoms with van der Waals surface area (Å²) in [5.74, 6) is -0.989. The number of hydrogen-bond donors (Lipinski definition) is 2. The van der Waals surface area contributed by atoms with Crippen LogP contribution in [0.15, 0.2) is 35.1 Å². The summed E-state index contributed by atoms with van der Waals surface area (Å²) < 4.78 is 1.04. The molecule has 88 valence electrons. The highest BCUT2D eigenvalue weighted by Gasteiger charge is 2.12. The van der Waals surface area contributed by atoms with Crippen molar-refractivity contribution >= 4 is 21.9 Å². The average molecular weight is 295 g/mol. The van der Waals surface area contributed by atoms with Gasteiger partial charge in [-0.3, -0.25) is 0 Å². The number of aromatic carboxylic acids is 1. The number of aromatic amines is 1. The van der Waals surface area contributed by atoms with Gasteiger partial charge in [-0.25, -0.2) is 9.78 Å². The molecular formula is C12H11BrN2O2. The first-order chi connectivity index (χ1) is 8.16. The summed E-state index contributed by atoms with van der Waals surface area (Å²) in [6.07, 6.45) is 2.85. The Labute approximate surface area is 107 Å². The van der Waals surface area contributed by atoms with Crippen LogP contribution in [0.2, 0.25) is 0 Å². The molecule has 0 amide bonds. The molecule has 4 nitrogen and oxygen atoms in total. The van der Waals surface area contributed by atoms with E-state index in [1.165, 1.54) is 11.9 Å². The van der Waals surface area contributed by atoms with Gasteiger partial charge in [0.2, 0.25) is 0 Å². The number of rotatable bonds is 4. The monoisotopic (exact) mass is 294 g/mol. The van der Waals surface area contributed by atoms with Gasteiger partial charge in [-0.1, -0.05) is 28.1 Å². The molecule has 5 heteroatoms. The van der Waals surface area contributed by atoms with Crippen molar-refractivity contribution < 1.29 is 9.90 Å². The fourth-order valence-corrected chi connectivity index (χ4v) is 1.88. The smallest absolute Gasteiger partial charge is 0.356 e. The molecule has 0 bridgehead atoms. The van der Waals surface area contributed by atoms with Gasteiger partial charge in [0.25, 0.3) is 0 Å². The summed E-state index contributed by atoms with van der Waals surface area (Å²) in [5, 5.41) is 8.90. The molecule has 1 aromatic carbocycles. The van der Waals surface area contributed by atoms with Crippen LogP contribution in [0.5, 0.6) is 0 Å². The van der Waals surface area contributed by atoms with Crippen molar-refractivity contribution in [3.63, 3.8) is 0 Å². The number of nitrogens with zero attached hydrogens (tertiary/aromatic N) is 1. The Balaban J connectivity index is 2.05. The molecule has 0 unspecified atom stereocenters. The van der Waals surface area contributed by atoms with Crippen molar-refractivity contribution in [3.05, 3.63) is 52.0 Å². The number of H-pyrrole nitrogens is 1. The van der Waals surface area contributed by atoms with E-state index in [1.54, 1.807) is 0 Å². The molecular weight excluding hydrogens is 284 g/mol. The number of aromatic nitrogens is 2. The first-order valence-corrected chi connectivity index (χ1v) is 5.96. The first-order valence-electron chi connectivity index (χ1n) is 5.17. The Hall–Kier alpha value is -1.62.